The van der Waals surface area contributed by atoms with Crippen molar-refractivity contribution in [1.82, 2.24) is 0 Å². The first-order valence-electron chi connectivity index (χ1n) is 5.42. The molecule has 6 nitrogen and oxygen atoms in total. The Bertz CT molecular complexity index is 686. The third-order valence-corrected chi connectivity index (χ3v) is 2.43. The molecule has 0 aliphatic rings. The summed E-state index contributed by atoms with van der Waals surface area (Å²) >= 11 is 0. The number of halogens is 1. The van der Waals surface area contributed by atoms with Crippen LogP contribution in [0.4, 0.5) is 10.1 Å². The van der Waals surface area contributed by atoms with Crippen LogP contribution in [-0.2, 0) is 0 Å². The first-order chi connectivity index (χ1) is 9.47. The highest BCUT2D eigenvalue weighted by atomic mass is 19.1. The van der Waals surface area contributed by atoms with Crippen molar-refractivity contribution in [1.29, 1.82) is 0 Å². The van der Waals surface area contributed by atoms with Crippen molar-refractivity contribution in [3.63, 3.8) is 0 Å². The van der Waals surface area contributed by atoms with E-state index in [1.54, 1.807) is 0 Å². The minimum absolute atomic E-state index is 0.0491. The van der Waals surface area contributed by atoms with E-state index in [2.05, 4.69) is 0 Å². The third-order valence-electron chi connectivity index (χ3n) is 2.43. The van der Waals surface area contributed by atoms with Crippen molar-refractivity contribution in [2.75, 3.05) is 0 Å². The number of nitro groups is 1. The molecule has 20 heavy (non-hydrogen) atoms. The lowest BCUT2D eigenvalue weighted by molar-refractivity contribution is -0.384. The van der Waals surface area contributed by atoms with Gasteiger partial charge in [0.05, 0.1) is 11.0 Å². The topological polar surface area (TPSA) is 89.7 Å². The van der Waals surface area contributed by atoms with Gasteiger partial charge < -0.3 is 9.84 Å². The third kappa shape index (κ3) is 2.89. The summed E-state index contributed by atoms with van der Waals surface area (Å²) in [6.45, 7) is 0. The van der Waals surface area contributed by atoms with Gasteiger partial charge in [-0.1, -0.05) is 6.07 Å². The molecule has 2 rings (SSSR count). The zero-order chi connectivity index (χ0) is 14.7. The smallest absolute Gasteiger partial charge is 0.339 e. The lowest BCUT2D eigenvalue weighted by Gasteiger charge is -2.08. The molecular weight excluding hydrogens is 269 g/mol. The van der Waals surface area contributed by atoms with Crippen molar-refractivity contribution in [3.05, 3.63) is 64.0 Å². The maximum Gasteiger partial charge on any atom is 0.339 e. The van der Waals surface area contributed by atoms with Gasteiger partial charge in [-0.05, 0) is 18.2 Å². The number of hydrogen-bond donors (Lipinski definition) is 1. The number of hydrogen-bond acceptors (Lipinski definition) is 4. The molecule has 0 spiro atoms. The molecule has 2 aromatic rings. The standard InChI is InChI=1S/C13H8FNO5/c14-8-2-1-3-10(6-8)20-12-7-9(15(18)19)4-5-11(12)13(16)17/h1-7H,(H,16,17). The molecule has 0 radical (unpaired) electrons. The minimum atomic E-state index is -1.30. The summed E-state index contributed by atoms with van der Waals surface area (Å²) in [6.07, 6.45) is 0. The number of carboxylic acids is 1. The molecule has 0 amide bonds. The molecule has 0 bridgehead atoms. The average Bonchev–Trinajstić information content (AvgIpc) is 2.38. The summed E-state index contributed by atoms with van der Waals surface area (Å²) in [5.74, 6) is -2.04. The molecule has 0 unspecified atom stereocenters. The van der Waals surface area contributed by atoms with Crippen LogP contribution in [0.5, 0.6) is 11.5 Å². The van der Waals surface area contributed by atoms with Crippen LogP contribution in [-0.4, -0.2) is 16.0 Å². The quantitative estimate of drug-likeness (QED) is 0.684. The Morgan fingerprint density at radius 3 is 2.60 bits per heavy atom. The van der Waals surface area contributed by atoms with E-state index >= 15 is 0 Å². The average molecular weight is 277 g/mol. The van der Waals surface area contributed by atoms with Crippen LogP contribution in [0.2, 0.25) is 0 Å². The predicted octanol–water partition coefficient (Wildman–Crippen LogP) is 3.22. The van der Waals surface area contributed by atoms with Gasteiger partial charge in [-0.25, -0.2) is 9.18 Å². The number of aromatic carboxylic acids is 1. The Balaban J connectivity index is 2.44. The number of ether oxygens (including phenoxy) is 1. The van der Waals surface area contributed by atoms with Crippen LogP contribution in [0.3, 0.4) is 0 Å². The second-order valence-corrected chi connectivity index (χ2v) is 3.80. The van der Waals surface area contributed by atoms with Gasteiger partial charge in [0.2, 0.25) is 0 Å². The Hall–Kier alpha value is -2.96. The lowest BCUT2D eigenvalue weighted by atomic mass is 10.2. The van der Waals surface area contributed by atoms with E-state index in [0.717, 1.165) is 24.3 Å². The summed E-state index contributed by atoms with van der Waals surface area (Å²) in [5.41, 5.74) is -0.568. The number of rotatable bonds is 4. The molecule has 0 fully saturated rings. The molecule has 7 heteroatoms. The molecule has 0 saturated heterocycles. The van der Waals surface area contributed by atoms with Gasteiger partial charge in [0.15, 0.2) is 0 Å². The van der Waals surface area contributed by atoms with E-state index in [0.29, 0.717) is 0 Å². The molecule has 102 valence electrons. The van der Waals surface area contributed by atoms with Crippen LogP contribution in [0.15, 0.2) is 42.5 Å². The van der Waals surface area contributed by atoms with E-state index in [4.69, 9.17) is 9.84 Å². The maximum atomic E-state index is 13.0. The van der Waals surface area contributed by atoms with Gasteiger partial charge in [0, 0.05) is 12.1 Å². The van der Waals surface area contributed by atoms with Gasteiger partial charge in [-0.15, -0.1) is 0 Å². The first-order valence-corrected chi connectivity index (χ1v) is 5.42. The Kier molecular flexibility index (Phi) is 3.60. The molecule has 0 aromatic heterocycles. The molecular formula is C13H8FNO5. The molecule has 1 N–H and O–H groups in total. The molecule has 0 atom stereocenters. The summed E-state index contributed by atoms with van der Waals surface area (Å²) in [6, 6.07) is 8.13. The van der Waals surface area contributed by atoms with Crippen LogP contribution in [0.1, 0.15) is 10.4 Å². The molecule has 2 aromatic carbocycles. The van der Waals surface area contributed by atoms with Gasteiger partial charge in [0.1, 0.15) is 22.9 Å². The fourth-order valence-electron chi connectivity index (χ4n) is 1.54. The Morgan fingerprint density at radius 1 is 1.25 bits per heavy atom. The van der Waals surface area contributed by atoms with Crippen molar-refractivity contribution < 1.29 is 24.0 Å². The molecule has 0 aliphatic heterocycles. The lowest BCUT2D eigenvalue weighted by Crippen LogP contribution is -2.01. The van der Waals surface area contributed by atoms with Gasteiger partial charge in [0.25, 0.3) is 5.69 Å². The number of nitrogens with zero attached hydrogens (tertiary/aromatic N) is 1. The molecule has 0 saturated carbocycles. The number of nitro benzene ring substituents is 1. The van der Waals surface area contributed by atoms with Gasteiger partial charge in [-0.2, -0.15) is 0 Å². The monoisotopic (exact) mass is 277 g/mol. The van der Waals surface area contributed by atoms with Crippen LogP contribution in [0, 0.1) is 15.9 Å². The number of carboxylic acid groups (broad SMARTS) is 1. The van der Waals surface area contributed by atoms with Gasteiger partial charge >= 0.3 is 5.97 Å². The summed E-state index contributed by atoms with van der Waals surface area (Å²) in [4.78, 5) is 21.0. The van der Waals surface area contributed by atoms with Crippen molar-refractivity contribution in [2.24, 2.45) is 0 Å². The first kappa shape index (κ1) is 13.5. The van der Waals surface area contributed by atoms with E-state index in [1.807, 2.05) is 0 Å². The van der Waals surface area contributed by atoms with Gasteiger partial charge in [-0.3, -0.25) is 10.1 Å². The van der Waals surface area contributed by atoms with E-state index in [1.165, 1.54) is 18.2 Å². The van der Waals surface area contributed by atoms with Crippen LogP contribution < -0.4 is 4.74 Å². The highest BCUT2D eigenvalue weighted by molar-refractivity contribution is 5.91. The highest BCUT2D eigenvalue weighted by Crippen LogP contribution is 2.29. The summed E-state index contributed by atoms with van der Waals surface area (Å²) in [7, 11) is 0. The van der Waals surface area contributed by atoms with Crippen molar-refractivity contribution in [2.45, 2.75) is 0 Å². The summed E-state index contributed by atoms with van der Waals surface area (Å²) in [5, 5.41) is 19.7. The van der Waals surface area contributed by atoms with E-state index in [9.17, 15) is 19.3 Å². The highest BCUT2D eigenvalue weighted by Gasteiger charge is 2.17. The zero-order valence-electron chi connectivity index (χ0n) is 9.95. The number of carbonyl (C=O) groups is 1. The fraction of sp³-hybridized carbons (Fsp3) is 0. The summed E-state index contributed by atoms with van der Waals surface area (Å²) < 4.78 is 18.2. The van der Waals surface area contributed by atoms with Crippen LogP contribution >= 0.6 is 0 Å². The van der Waals surface area contributed by atoms with E-state index < -0.39 is 16.7 Å². The SMILES string of the molecule is O=C(O)c1ccc([N+](=O)[O-])cc1Oc1cccc(F)c1. The second kappa shape index (κ2) is 5.35. The number of benzene rings is 2. The second-order valence-electron chi connectivity index (χ2n) is 3.80. The zero-order valence-corrected chi connectivity index (χ0v) is 9.95. The Morgan fingerprint density at radius 2 is 2.00 bits per heavy atom. The van der Waals surface area contributed by atoms with Crippen LogP contribution in [0.25, 0.3) is 0 Å². The van der Waals surface area contributed by atoms with E-state index in [-0.39, 0.29) is 22.7 Å². The molecule has 0 heterocycles. The molecule has 0 aliphatic carbocycles. The minimum Gasteiger partial charge on any atom is -0.478 e. The van der Waals surface area contributed by atoms with Crippen molar-refractivity contribution >= 4 is 11.7 Å². The maximum absolute atomic E-state index is 13.0. The number of non-ortho nitro benzene ring substituents is 1. The Labute approximate surface area is 112 Å². The normalized spacial score (nSPS) is 10.1. The largest absolute Gasteiger partial charge is 0.478 e. The van der Waals surface area contributed by atoms with Crippen molar-refractivity contribution in [3.8, 4) is 11.5 Å². The fourth-order valence-corrected chi connectivity index (χ4v) is 1.54. The predicted molar refractivity (Wildman–Crippen MR) is 66.5 cm³/mol.